The molecule has 0 radical (unpaired) electrons. The molecule has 7 nitrogen and oxygen atoms in total. The van der Waals surface area contributed by atoms with Crippen LogP contribution in [0.15, 0.2) is 72.6 Å². The van der Waals surface area contributed by atoms with Crippen molar-refractivity contribution in [3.63, 3.8) is 0 Å². The van der Waals surface area contributed by atoms with E-state index in [-0.39, 0.29) is 18.3 Å². The number of ketones is 1. The summed E-state index contributed by atoms with van der Waals surface area (Å²) in [6, 6.07) is 10.3. The van der Waals surface area contributed by atoms with E-state index in [1.807, 2.05) is 55.4 Å². The number of anilines is 1. The lowest BCUT2D eigenvalue weighted by Crippen LogP contribution is -2.29. The summed E-state index contributed by atoms with van der Waals surface area (Å²) in [5, 5.41) is 11.9. The molecule has 2 N–H and O–H groups in total. The summed E-state index contributed by atoms with van der Waals surface area (Å²) in [5.74, 6) is 0.262. The maximum Gasteiger partial charge on any atom is 0.255 e. The number of nitrogens with one attached hydrogen (secondary N) is 1. The van der Waals surface area contributed by atoms with Crippen LogP contribution in [0.3, 0.4) is 0 Å². The molecule has 0 atom stereocenters. The average molecular weight is 582 g/mol. The number of rotatable bonds is 8. The van der Waals surface area contributed by atoms with Crippen LogP contribution in [0.25, 0.3) is 5.65 Å². The number of aromatic nitrogens is 2. The predicted octanol–water partition coefficient (Wildman–Crippen LogP) is 9.33. The highest BCUT2D eigenvalue weighted by Gasteiger charge is 2.19. The molecule has 3 rings (SSSR count). The molecule has 3 aromatic rings. The maximum atomic E-state index is 12.5. The summed E-state index contributed by atoms with van der Waals surface area (Å²) in [6.07, 6.45) is 7.16. The Kier molecular flexibility index (Phi) is 21.1. The molecule has 2 heterocycles. The van der Waals surface area contributed by atoms with Crippen molar-refractivity contribution >= 4 is 23.0 Å². The molecule has 0 bridgehead atoms. The molecule has 234 valence electrons. The molecule has 42 heavy (non-hydrogen) atoms. The van der Waals surface area contributed by atoms with Crippen molar-refractivity contribution in [1.82, 2.24) is 9.38 Å². The van der Waals surface area contributed by atoms with Crippen LogP contribution in [-0.4, -0.2) is 38.4 Å². The van der Waals surface area contributed by atoms with Crippen molar-refractivity contribution in [2.24, 2.45) is 0 Å². The molecule has 0 aliphatic heterocycles. The fourth-order valence-electron chi connectivity index (χ4n) is 3.00. The molecular weight excluding hydrogens is 526 g/mol. The zero-order valence-corrected chi connectivity index (χ0v) is 28.1. The van der Waals surface area contributed by atoms with E-state index in [1.54, 1.807) is 53.2 Å². The highest BCUT2D eigenvalue weighted by Crippen LogP contribution is 2.22. The maximum absolute atomic E-state index is 12.5. The van der Waals surface area contributed by atoms with Crippen molar-refractivity contribution in [3.8, 4) is 5.75 Å². The summed E-state index contributed by atoms with van der Waals surface area (Å²) in [7, 11) is 0. The number of nitrogens with zero attached hydrogens (tertiary/aromatic N) is 2. The monoisotopic (exact) mass is 581 g/mol. The first-order chi connectivity index (χ1) is 19.9. The SMILES string of the molecule is C=C(C)/C(C)=C/C.CC.CC.CC(=O)c1cn2cc(NC(=O)c3ccc(OC(C)(C)CCO)cc3)ccc2n1.CCC. The zero-order chi connectivity index (χ0) is 32.9. The van der Waals surface area contributed by atoms with Crippen LogP contribution in [0.4, 0.5) is 5.69 Å². The van der Waals surface area contributed by atoms with Gasteiger partial charge in [-0.1, -0.05) is 71.8 Å². The van der Waals surface area contributed by atoms with Gasteiger partial charge in [0.05, 0.1) is 5.69 Å². The Bertz CT molecular complexity index is 1240. The van der Waals surface area contributed by atoms with Crippen molar-refractivity contribution in [3.05, 3.63) is 83.9 Å². The highest BCUT2D eigenvalue weighted by molar-refractivity contribution is 6.04. The van der Waals surface area contributed by atoms with Gasteiger partial charge >= 0.3 is 0 Å². The first kappa shape index (κ1) is 40.4. The average Bonchev–Trinajstić information content (AvgIpc) is 3.39. The minimum atomic E-state index is -0.489. The van der Waals surface area contributed by atoms with Gasteiger partial charge in [0.15, 0.2) is 5.78 Å². The Hall–Kier alpha value is -3.71. The number of hydrogen-bond acceptors (Lipinski definition) is 5. The second-order valence-corrected chi connectivity index (χ2v) is 9.64. The third-order valence-electron chi connectivity index (χ3n) is 5.40. The number of aliphatic hydroxyl groups excluding tert-OH is 1. The van der Waals surface area contributed by atoms with Crippen LogP contribution in [0, 0.1) is 0 Å². The molecule has 1 aromatic carbocycles. The third kappa shape index (κ3) is 15.3. The lowest BCUT2D eigenvalue weighted by atomic mass is 10.1. The van der Waals surface area contributed by atoms with E-state index in [0.717, 1.165) is 5.57 Å². The topological polar surface area (TPSA) is 92.9 Å². The van der Waals surface area contributed by atoms with Crippen LogP contribution in [0.5, 0.6) is 5.75 Å². The Balaban J connectivity index is 0. The normalized spacial score (nSPS) is 10.3. The molecule has 0 aliphatic rings. The summed E-state index contributed by atoms with van der Waals surface area (Å²) < 4.78 is 7.54. The number of pyridine rings is 1. The second kappa shape index (κ2) is 22.0. The van der Waals surface area contributed by atoms with E-state index in [1.165, 1.54) is 18.9 Å². The largest absolute Gasteiger partial charge is 0.488 e. The number of amides is 1. The Labute approximate surface area is 254 Å². The Morgan fingerprint density at radius 2 is 1.55 bits per heavy atom. The highest BCUT2D eigenvalue weighted by atomic mass is 16.5. The van der Waals surface area contributed by atoms with E-state index in [9.17, 15) is 9.59 Å². The predicted molar refractivity (Wildman–Crippen MR) is 179 cm³/mol. The molecule has 2 aromatic heterocycles. The number of aliphatic hydroxyl groups is 1. The minimum Gasteiger partial charge on any atom is -0.488 e. The minimum absolute atomic E-state index is 0.0443. The molecule has 0 saturated carbocycles. The molecule has 7 heteroatoms. The fraction of sp³-hybridized carbons (Fsp3) is 0.457. The van der Waals surface area contributed by atoms with Gasteiger partial charge in [-0.05, 0) is 71.0 Å². The number of hydrogen-bond donors (Lipinski definition) is 2. The van der Waals surface area contributed by atoms with Crippen LogP contribution in [-0.2, 0) is 0 Å². The number of carbonyl (C=O) groups excluding carboxylic acids is 2. The van der Waals surface area contributed by atoms with Gasteiger partial charge in [-0.3, -0.25) is 9.59 Å². The number of carbonyl (C=O) groups is 2. The van der Waals surface area contributed by atoms with Gasteiger partial charge in [-0.2, -0.15) is 0 Å². The molecular formula is C35H55N3O4. The van der Waals surface area contributed by atoms with Crippen molar-refractivity contribution < 1.29 is 19.4 Å². The number of allylic oxidation sites excluding steroid dienone is 3. The van der Waals surface area contributed by atoms with E-state index in [2.05, 4.69) is 43.7 Å². The van der Waals surface area contributed by atoms with E-state index in [4.69, 9.17) is 9.84 Å². The second-order valence-electron chi connectivity index (χ2n) is 9.64. The summed E-state index contributed by atoms with van der Waals surface area (Å²) >= 11 is 0. The van der Waals surface area contributed by atoms with Gasteiger partial charge < -0.3 is 19.6 Å². The number of imidazole rings is 1. The first-order valence-electron chi connectivity index (χ1n) is 14.9. The fourth-order valence-corrected chi connectivity index (χ4v) is 3.00. The Morgan fingerprint density at radius 3 is 1.98 bits per heavy atom. The van der Waals surface area contributed by atoms with Gasteiger partial charge in [-0.15, -0.1) is 0 Å². The summed E-state index contributed by atoms with van der Waals surface area (Å²) in [4.78, 5) is 28.2. The first-order valence-corrected chi connectivity index (χ1v) is 14.9. The van der Waals surface area contributed by atoms with Gasteiger partial charge in [-0.25, -0.2) is 4.98 Å². The van der Waals surface area contributed by atoms with Gasteiger partial charge in [0.1, 0.15) is 22.7 Å². The lowest BCUT2D eigenvalue weighted by molar-refractivity contribution is 0.0765. The lowest BCUT2D eigenvalue weighted by Gasteiger charge is -2.25. The zero-order valence-electron chi connectivity index (χ0n) is 28.1. The van der Waals surface area contributed by atoms with E-state index < -0.39 is 5.60 Å². The van der Waals surface area contributed by atoms with Gasteiger partial charge in [0.2, 0.25) is 0 Å². The van der Waals surface area contributed by atoms with E-state index >= 15 is 0 Å². The number of fused-ring (bicyclic) bond motifs is 1. The molecule has 1 amide bonds. The van der Waals surface area contributed by atoms with Crippen LogP contribution in [0.2, 0.25) is 0 Å². The van der Waals surface area contributed by atoms with Gasteiger partial charge in [0, 0.05) is 37.9 Å². The molecule has 0 fully saturated rings. The van der Waals surface area contributed by atoms with Crippen LogP contribution < -0.4 is 10.1 Å². The number of benzene rings is 1. The molecule has 0 saturated heterocycles. The van der Waals surface area contributed by atoms with Crippen molar-refractivity contribution in [2.45, 2.75) is 102 Å². The van der Waals surface area contributed by atoms with Crippen molar-refractivity contribution in [2.75, 3.05) is 11.9 Å². The Morgan fingerprint density at radius 1 is 1.00 bits per heavy atom. The van der Waals surface area contributed by atoms with E-state index in [0.29, 0.717) is 34.8 Å². The number of ether oxygens (including phenoxy) is 1. The molecule has 0 aliphatic carbocycles. The van der Waals surface area contributed by atoms with Crippen LogP contribution >= 0.6 is 0 Å². The third-order valence-corrected chi connectivity index (χ3v) is 5.40. The molecule has 0 unspecified atom stereocenters. The summed E-state index contributed by atoms with van der Waals surface area (Å²) in [6.45, 7) is 27.4. The van der Waals surface area contributed by atoms with Crippen molar-refractivity contribution in [1.29, 1.82) is 0 Å². The van der Waals surface area contributed by atoms with Crippen LogP contribution in [0.1, 0.15) is 117 Å². The smallest absolute Gasteiger partial charge is 0.255 e. The standard InChI is InChI=1S/C21H23N3O4.C7H12.C3H8.2C2H6/c1-14(26)18-13-24-12-16(6-9-19(24)23-18)22-20(27)15-4-7-17(8-5-15)28-21(2,3)10-11-25;1-5-7(4)6(2)3;1-3-2;2*1-2/h4-9,12-13,25H,10-11H2,1-3H3,(H,22,27);5H,2H2,1,3-4H3;3H2,1-2H3;2*1-2H3/b;7-5+;;;. The van der Waals surface area contributed by atoms with Gasteiger partial charge in [0.25, 0.3) is 5.91 Å². The quantitative estimate of drug-likeness (QED) is 0.204. The molecule has 0 spiro atoms. The number of Topliss-reactive ketones (excluding diaryl/α,β-unsaturated/α-hetero) is 1. The summed E-state index contributed by atoms with van der Waals surface area (Å²) in [5.41, 5.74) is 4.04.